The van der Waals surface area contributed by atoms with Crippen LogP contribution in [-0.2, 0) is 0 Å². The average molecular weight is 406 g/mol. The molecule has 2 N–H and O–H groups in total. The van der Waals surface area contributed by atoms with Gasteiger partial charge in [-0.3, -0.25) is 14.9 Å². The Morgan fingerprint density at radius 1 is 1.13 bits per heavy atom. The van der Waals surface area contributed by atoms with Crippen LogP contribution in [0.4, 0.5) is 21.7 Å². The smallest absolute Gasteiger partial charge is 0.288 e. The Hall–Kier alpha value is -4.48. The van der Waals surface area contributed by atoms with Gasteiger partial charge in [0.05, 0.1) is 16.2 Å². The van der Waals surface area contributed by atoms with Crippen molar-refractivity contribution in [3.8, 4) is 11.3 Å². The number of rotatable bonds is 3. The summed E-state index contributed by atoms with van der Waals surface area (Å²) < 4.78 is 14.8. The van der Waals surface area contributed by atoms with Gasteiger partial charge in [0.15, 0.2) is 0 Å². The van der Waals surface area contributed by atoms with Gasteiger partial charge in [-0.25, -0.2) is 9.49 Å². The summed E-state index contributed by atoms with van der Waals surface area (Å²) >= 11 is 0. The van der Waals surface area contributed by atoms with Crippen LogP contribution in [0.1, 0.15) is 17.2 Å². The summed E-state index contributed by atoms with van der Waals surface area (Å²) in [6.45, 7) is 0. The maximum absolute atomic E-state index is 13.4. The van der Waals surface area contributed by atoms with Crippen molar-refractivity contribution in [2.75, 3.05) is 5.32 Å². The number of aromatic amines is 1. The van der Waals surface area contributed by atoms with Crippen molar-refractivity contribution in [1.82, 2.24) is 30.4 Å². The van der Waals surface area contributed by atoms with Gasteiger partial charge in [0.2, 0.25) is 5.95 Å². The number of nitro groups is 1. The predicted octanol–water partition coefficient (Wildman–Crippen LogP) is 2.17. The molecule has 0 spiro atoms. The molecule has 4 aromatic rings. The van der Waals surface area contributed by atoms with E-state index in [1.807, 2.05) is 0 Å². The van der Waals surface area contributed by atoms with Crippen molar-refractivity contribution in [3.05, 3.63) is 85.9 Å². The zero-order valence-electron chi connectivity index (χ0n) is 15.0. The van der Waals surface area contributed by atoms with Gasteiger partial charge < -0.3 is 5.32 Å². The first kappa shape index (κ1) is 17.6. The molecule has 12 heteroatoms. The fourth-order valence-electron chi connectivity index (χ4n) is 3.54. The maximum atomic E-state index is 13.4. The van der Waals surface area contributed by atoms with Crippen LogP contribution in [0.15, 0.2) is 53.3 Å². The average Bonchev–Trinajstić information content (AvgIpc) is 3.22. The van der Waals surface area contributed by atoms with E-state index in [-0.39, 0.29) is 22.9 Å². The molecule has 0 radical (unpaired) electrons. The molecule has 1 unspecified atom stereocenters. The molecule has 0 aliphatic carbocycles. The SMILES string of the molecule is O=c1[nH]nc(-c2ccc(F)cc2)c2c1Nc1nnnn1C2c1ccccc1[N+](=O)[O-]. The third kappa shape index (κ3) is 2.62. The van der Waals surface area contributed by atoms with E-state index < -0.39 is 22.3 Å². The molecule has 1 atom stereocenters. The summed E-state index contributed by atoms with van der Waals surface area (Å²) in [7, 11) is 0. The molecule has 1 aliphatic heterocycles. The molecule has 30 heavy (non-hydrogen) atoms. The Labute approximate surface area is 166 Å². The molecule has 0 saturated carbocycles. The van der Waals surface area contributed by atoms with Crippen molar-refractivity contribution in [2.24, 2.45) is 0 Å². The third-order valence-corrected chi connectivity index (χ3v) is 4.81. The summed E-state index contributed by atoms with van der Waals surface area (Å²) in [5.74, 6) is -0.291. The molecule has 3 heterocycles. The maximum Gasteiger partial charge on any atom is 0.288 e. The number of fused-ring (bicyclic) bond motifs is 2. The second-order valence-electron chi connectivity index (χ2n) is 6.49. The number of halogens is 1. The van der Waals surface area contributed by atoms with Crippen molar-refractivity contribution >= 4 is 17.3 Å². The topological polar surface area (TPSA) is 145 Å². The largest absolute Gasteiger partial charge is 0.318 e. The molecule has 0 fully saturated rings. The van der Waals surface area contributed by atoms with Crippen LogP contribution in [0.25, 0.3) is 11.3 Å². The summed E-state index contributed by atoms with van der Waals surface area (Å²) in [6.07, 6.45) is 0. The second kappa shape index (κ2) is 6.55. The lowest BCUT2D eigenvalue weighted by molar-refractivity contribution is -0.385. The number of anilines is 2. The summed E-state index contributed by atoms with van der Waals surface area (Å²) in [5.41, 5.74) is 0.812. The minimum atomic E-state index is -0.914. The highest BCUT2D eigenvalue weighted by Gasteiger charge is 2.37. The highest BCUT2D eigenvalue weighted by atomic mass is 19.1. The number of hydrogen-bond donors (Lipinski definition) is 2. The Bertz CT molecular complexity index is 1350. The van der Waals surface area contributed by atoms with Crippen LogP contribution >= 0.6 is 0 Å². The van der Waals surface area contributed by atoms with Gasteiger partial charge in [-0.2, -0.15) is 9.78 Å². The quantitative estimate of drug-likeness (QED) is 0.343. The van der Waals surface area contributed by atoms with E-state index in [4.69, 9.17) is 0 Å². The van der Waals surface area contributed by atoms with E-state index >= 15 is 0 Å². The number of tetrazole rings is 1. The summed E-state index contributed by atoms with van der Waals surface area (Å²) in [6, 6.07) is 10.7. The lowest BCUT2D eigenvalue weighted by Gasteiger charge is -2.27. The zero-order chi connectivity index (χ0) is 20.8. The number of aromatic nitrogens is 6. The highest BCUT2D eigenvalue weighted by Crippen LogP contribution is 2.43. The van der Waals surface area contributed by atoms with Gasteiger partial charge in [0.25, 0.3) is 11.2 Å². The Kier molecular flexibility index (Phi) is 3.84. The van der Waals surface area contributed by atoms with E-state index in [0.29, 0.717) is 16.8 Å². The first-order valence-electron chi connectivity index (χ1n) is 8.71. The van der Waals surface area contributed by atoms with Crippen LogP contribution in [0.2, 0.25) is 0 Å². The van der Waals surface area contributed by atoms with Crippen LogP contribution in [0, 0.1) is 15.9 Å². The lowest BCUT2D eigenvalue weighted by atomic mass is 9.91. The number of hydrogen-bond acceptors (Lipinski definition) is 8. The normalized spacial score (nSPS) is 14.5. The van der Waals surface area contributed by atoms with Gasteiger partial charge >= 0.3 is 0 Å². The van der Waals surface area contributed by atoms with E-state index in [1.165, 1.54) is 35.0 Å². The highest BCUT2D eigenvalue weighted by molar-refractivity contribution is 5.76. The van der Waals surface area contributed by atoms with E-state index in [0.717, 1.165) is 0 Å². The molecule has 1 aliphatic rings. The van der Waals surface area contributed by atoms with E-state index in [9.17, 15) is 19.3 Å². The van der Waals surface area contributed by atoms with Gasteiger partial charge in [-0.05, 0) is 40.8 Å². The number of nitrogens with one attached hydrogen (secondary N) is 2. The number of nitro benzene ring substituents is 1. The molecule has 0 bridgehead atoms. The van der Waals surface area contributed by atoms with Gasteiger partial charge in [0, 0.05) is 17.2 Å². The Morgan fingerprint density at radius 3 is 2.67 bits per heavy atom. The molecular weight excluding hydrogens is 395 g/mol. The van der Waals surface area contributed by atoms with E-state index in [1.54, 1.807) is 18.2 Å². The third-order valence-electron chi connectivity index (χ3n) is 4.81. The molecule has 148 valence electrons. The molecule has 0 saturated heterocycles. The van der Waals surface area contributed by atoms with Crippen molar-refractivity contribution in [2.45, 2.75) is 6.04 Å². The molecule has 2 aromatic carbocycles. The number of H-pyrrole nitrogens is 1. The van der Waals surface area contributed by atoms with Crippen LogP contribution in [-0.4, -0.2) is 35.3 Å². The lowest BCUT2D eigenvalue weighted by Crippen LogP contribution is -2.29. The van der Waals surface area contributed by atoms with Crippen LogP contribution < -0.4 is 10.9 Å². The fraction of sp³-hybridized carbons (Fsp3) is 0.0556. The van der Waals surface area contributed by atoms with Crippen molar-refractivity contribution in [3.63, 3.8) is 0 Å². The van der Waals surface area contributed by atoms with E-state index in [2.05, 4.69) is 31.0 Å². The van der Waals surface area contributed by atoms with Crippen LogP contribution in [0.5, 0.6) is 0 Å². The Morgan fingerprint density at radius 2 is 1.90 bits per heavy atom. The molecule has 11 nitrogen and oxygen atoms in total. The molecule has 5 rings (SSSR count). The number of benzene rings is 2. The fourth-order valence-corrected chi connectivity index (χ4v) is 3.54. The van der Waals surface area contributed by atoms with Crippen molar-refractivity contribution < 1.29 is 9.31 Å². The standard InChI is InChI=1S/C18H11FN8O3/c19-10-7-5-9(6-8-10)14-13-15(17(28)22-21-14)20-18-23-24-25-26(18)16(13)11-3-1-2-4-12(11)27(29)30/h1-8,16H,(H,22,28)(H,20,23,25). The second-order valence-corrected chi connectivity index (χ2v) is 6.49. The van der Waals surface area contributed by atoms with Gasteiger partial charge in [0.1, 0.15) is 17.5 Å². The number of nitrogens with zero attached hydrogens (tertiary/aromatic N) is 6. The first-order valence-corrected chi connectivity index (χ1v) is 8.71. The summed E-state index contributed by atoms with van der Waals surface area (Å²) in [5, 5.41) is 32.5. The minimum Gasteiger partial charge on any atom is -0.318 e. The zero-order valence-corrected chi connectivity index (χ0v) is 15.0. The van der Waals surface area contributed by atoms with Gasteiger partial charge in [-0.15, -0.1) is 0 Å². The van der Waals surface area contributed by atoms with Crippen molar-refractivity contribution in [1.29, 1.82) is 0 Å². The monoisotopic (exact) mass is 406 g/mol. The number of para-hydroxylation sites is 1. The van der Waals surface area contributed by atoms with Crippen LogP contribution in [0.3, 0.4) is 0 Å². The first-order chi connectivity index (χ1) is 14.5. The molecule has 0 amide bonds. The minimum absolute atomic E-state index is 0.106. The van der Waals surface area contributed by atoms with Gasteiger partial charge in [-0.1, -0.05) is 17.2 Å². The predicted molar refractivity (Wildman–Crippen MR) is 102 cm³/mol. The summed E-state index contributed by atoms with van der Waals surface area (Å²) in [4.78, 5) is 23.8. The molecule has 2 aromatic heterocycles. The molecular formula is C18H11FN8O3. The Balaban J connectivity index is 1.85.